The second-order valence-corrected chi connectivity index (χ2v) is 6.29. The highest BCUT2D eigenvalue weighted by atomic mass is 16.1. The van der Waals surface area contributed by atoms with Crippen molar-refractivity contribution in [2.75, 3.05) is 0 Å². The van der Waals surface area contributed by atoms with Gasteiger partial charge in [0.15, 0.2) is 5.78 Å². The van der Waals surface area contributed by atoms with Gasteiger partial charge < -0.3 is 4.79 Å². The first-order valence-corrected chi connectivity index (χ1v) is 8.44. The second-order valence-electron chi connectivity index (χ2n) is 6.29. The van der Waals surface area contributed by atoms with Crippen molar-refractivity contribution in [2.24, 2.45) is 5.92 Å². The molecule has 0 bridgehead atoms. The summed E-state index contributed by atoms with van der Waals surface area (Å²) in [5.74, 6) is 0.493. The highest BCUT2D eigenvalue weighted by Gasteiger charge is 2.34. The van der Waals surface area contributed by atoms with E-state index in [1.54, 1.807) is 0 Å². The fourth-order valence-corrected chi connectivity index (χ4v) is 3.78. The molecule has 2 heteroatoms. The predicted molar refractivity (Wildman–Crippen MR) is 91.9 cm³/mol. The van der Waals surface area contributed by atoms with E-state index in [-0.39, 0.29) is 17.6 Å². The minimum atomic E-state index is 0.104. The molecule has 0 fully saturated rings. The number of benzene rings is 2. The molecule has 2 nitrogen and oxygen atoms in total. The minimum absolute atomic E-state index is 0.104. The van der Waals surface area contributed by atoms with E-state index in [1.807, 2.05) is 36.4 Å². The zero-order chi connectivity index (χ0) is 16.2. The molecule has 1 aliphatic carbocycles. The Labute approximate surface area is 137 Å². The lowest BCUT2D eigenvalue weighted by Crippen LogP contribution is -2.25. The van der Waals surface area contributed by atoms with Crippen LogP contribution in [-0.4, -0.2) is 12.1 Å². The first-order valence-electron chi connectivity index (χ1n) is 8.44. The molecule has 0 saturated heterocycles. The normalized spacial score (nSPS) is 14.9. The van der Waals surface area contributed by atoms with E-state index in [9.17, 15) is 9.59 Å². The van der Waals surface area contributed by atoms with Crippen molar-refractivity contribution in [3.8, 4) is 0 Å². The van der Waals surface area contributed by atoms with E-state index < -0.39 is 0 Å². The zero-order valence-corrected chi connectivity index (χ0v) is 13.5. The Morgan fingerprint density at radius 2 is 1.57 bits per heavy atom. The van der Waals surface area contributed by atoms with Crippen LogP contribution in [0.2, 0.25) is 0 Å². The van der Waals surface area contributed by atoms with Crippen molar-refractivity contribution in [2.45, 2.75) is 38.5 Å². The van der Waals surface area contributed by atoms with Crippen LogP contribution in [0.1, 0.15) is 65.6 Å². The first kappa shape index (κ1) is 15.7. The quantitative estimate of drug-likeness (QED) is 0.721. The van der Waals surface area contributed by atoms with E-state index in [0.717, 1.165) is 47.8 Å². The van der Waals surface area contributed by atoms with Gasteiger partial charge in [0, 0.05) is 23.5 Å². The Morgan fingerprint density at radius 1 is 1.00 bits per heavy atom. The largest absolute Gasteiger partial charge is 0.303 e. The molecule has 23 heavy (non-hydrogen) atoms. The van der Waals surface area contributed by atoms with Gasteiger partial charge in [-0.1, -0.05) is 68.3 Å². The molecule has 1 aliphatic rings. The molecule has 0 saturated carbocycles. The molecule has 0 unspecified atom stereocenters. The molecule has 0 spiro atoms. The van der Waals surface area contributed by atoms with Crippen molar-refractivity contribution in [1.29, 1.82) is 0 Å². The molecule has 0 N–H and O–H groups in total. The number of hydrogen-bond donors (Lipinski definition) is 0. The molecule has 0 radical (unpaired) electrons. The fraction of sp³-hybridized carbons (Fsp3) is 0.333. The molecule has 0 aliphatic heterocycles. The SMILES string of the molecule is CCCC[C@H](CC=O)C1c2ccccc2C(=O)c2ccccc21. The summed E-state index contributed by atoms with van der Waals surface area (Å²) in [6, 6.07) is 15.8. The van der Waals surface area contributed by atoms with E-state index >= 15 is 0 Å². The Kier molecular flexibility index (Phi) is 4.71. The van der Waals surface area contributed by atoms with E-state index in [2.05, 4.69) is 19.1 Å². The summed E-state index contributed by atoms with van der Waals surface area (Å²) in [5, 5.41) is 0. The monoisotopic (exact) mass is 306 g/mol. The van der Waals surface area contributed by atoms with E-state index in [1.165, 1.54) is 0 Å². The van der Waals surface area contributed by atoms with Crippen molar-refractivity contribution < 1.29 is 9.59 Å². The molecular formula is C21H22O2. The lowest BCUT2D eigenvalue weighted by molar-refractivity contribution is -0.108. The molecule has 0 heterocycles. The third-order valence-electron chi connectivity index (χ3n) is 4.88. The van der Waals surface area contributed by atoms with Gasteiger partial charge in [-0.25, -0.2) is 0 Å². The standard InChI is InChI=1S/C21H22O2/c1-2-3-8-15(13-14-22)20-16-9-4-6-11-18(16)21(23)19-12-7-5-10-17(19)20/h4-7,9-12,14-15,20H,2-3,8,13H2,1H3/t15-/m1/s1. The molecule has 2 aromatic carbocycles. The zero-order valence-electron chi connectivity index (χ0n) is 13.5. The smallest absolute Gasteiger partial charge is 0.193 e. The number of unbranched alkanes of at least 4 members (excludes halogenated alkanes) is 1. The van der Waals surface area contributed by atoms with Gasteiger partial charge in [0.2, 0.25) is 0 Å². The van der Waals surface area contributed by atoms with Crippen LogP contribution < -0.4 is 0 Å². The highest BCUT2D eigenvalue weighted by molar-refractivity contribution is 6.12. The molecule has 118 valence electrons. The number of rotatable bonds is 6. The van der Waals surface area contributed by atoms with Gasteiger partial charge in [-0.3, -0.25) is 4.79 Å². The molecule has 3 rings (SSSR count). The number of aldehydes is 1. The van der Waals surface area contributed by atoms with Gasteiger partial charge in [-0.05, 0) is 23.5 Å². The molecule has 2 aromatic rings. The van der Waals surface area contributed by atoms with Crippen LogP contribution in [0.25, 0.3) is 0 Å². The highest BCUT2D eigenvalue weighted by Crippen LogP contribution is 2.43. The third kappa shape index (κ3) is 2.86. The van der Waals surface area contributed by atoms with Crippen LogP contribution in [0.5, 0.6) is 0 Å². The topological polar surface area (TPSA) is 34.1 Å². The van der Waals surface area contributed by atoms with Crippen LogP contribution in [0.3, 0.4) is 0 Å². The Balaban J connectivity index is 2.13. The maximum Gasteiger partial charge on any atom is 0.193 e. The van der Waals surface area contributed by atoms with Crippen molar-refractivity contribution in [1.82, 2.24) is 0 Å². The summed E-state index contributed by atoms with van der Waals surface area (Å²) in [4.78, 5) is 24.0. The van der Waals surface area contributed by atoms with Crippen molar-refractivity contribution in [3.63, 3.8) is 0 Å². The predicted octanol–water partition coefficient (Wildman–Crippen LogP) is 4.76. The summed E-state index contributed by atoms with van der Waals surface area (Å²) in [5.41, 5.74) is 3.76. The third-order valence-corrected chi connectivity index (χ3v) is 4.88. The van der Waals surface area contributed by atoms with Crippen LogP contribution in [0.4, 0.5) is 0 Å². The maximum absolute atomic E-state index is 12.8. The summed E-state index contributed by atoms with van der Waals surface area (Å²) in [6.45, 7) is 2.17. The Hall–Kier alpha value is -2.22. The summed E-state index contributed by atoms with van der Waals surface area (Å²) >= 11 is 0. The Morgan fingerprint density at radius 3 is 2.09 bits per heavy atom. The molecule has 0 aromatic heterocycles. The Bertz CT molecular complexity index is 668. The van der Waals surface area contributed by atoms with Crippen LogP contribution in [0.15, 0.2) is 48.5 Å². The van der Waals surface area contributed by atoms with Gasteiger partial charge in [0.05, 0.1) is 0 Å². The average Bonchev–Trinajstić information content (AvgIpc) is 2.60. The number of carbonyl (C=O) groups excluding carboxylic acids is 2. The molecule has 0 amide bonds. The number of fused-ring (bicyclic) bond motifs is 2. The van der Waals surface area contributed by atoms with Gasteiger partial charge in [0.25, 0.3) is 0 Å². The van der Waals surface area contributed by atoms with Gasteiger partial charge in [-0.2, -0.15) is 0 Å². The average molecular weight is 306 g/mol. The van der Waals surface area contributed by atoms with Gasteiger partial charge >= 0.3 is 0 Å². The molecule has 1 atom stereocenters. The summed E-state index contributed by atoms with van der Waals surface area (Å²) < 4.78 is 0. The molecular weight excluding hydrogens is 284 g/mol. The lowest BCUT2D eigenvalue weighted by Gasteiger charge is -2.33. The van der Waals surface area contributed by atoms with Gasteiger partial charge in [0.1, 0.15) is 6.29 Å². The number of ketones is 1. The first-order chi connectivity index (χ1) is 11.3. The van der Waals surface area contributed by atoms with Gasteiger partial charge in [-0.15, -0.1) is 0 Å². The number of hydrogen-bond acceptors (Lipinski definition) is 2. The van der Waals surface area contributed by atoms with E-state index in [0.29, 0.717) is 6.42 Å². The minimum Gasteiger partial charge on any atom is -0.303 e. The summed E-state index contributed by atoms with van der Waals surface area (Å²) in [7, 11) is 0. The van der Waals surface area contributed by atoms with E-state index in [4.69, 9.17) is 0 Å². The number of carbonyl (C=O) groups is 2. The maximum atomic E-state index is 12.8. The van der Waals surface area contributed by atoms with Crippen molar-refractivity contribution >= 4 is 12.1 Å². The summed E-state index contributed by atoms with van der Waals surface area (Å²) in [6.07, 6.45) is 4.80. The lowest BCUT2D eigenvalue weighted by atomic mass is 9.69. The van der Waals surface area contributed by atoms with Crippen molar-refractivity contribution in [3.05, 3.63) is 70.8 Å². The van der Waals surface area contributed by atoms with Crippen LogP contribution in [-0.2, 0) is 4.79 Å². The fourth-order valence-electron chi connectivity index (χ4n) is 3.78. The van der Waals surface area contributed by atoms with Crippen LogP contribution in [0, 0.1) is 5.92 Å². The second kappa shape index (κ2) is 6.91. The van der Waals surface area contributed by atoms with Crippen LogP contribution >= 0.6 is 0 Å².